The van der Waals surface area contributed by atoms with Crippen LogP contribution in [0.1, 0.15) is 32.0 Å². The molecule has 1 aromatic rings. The summed E-state index contributed by atoms with van der Waals surface area (Å²) in [6, 6.07) is 0.285. The Balaban J connectivity index is 2.92. The van der Waals surface area contributed by atoms with E-state index >= 15 is 0 Å². The van der Waals surface area contributed by atoms with Crippen LogP contribution in [0.5, 0.6) is 0 Å². The van der Waals surface area contributed by atoms with Crippen LogP contribution in [0, 0.1) is 0 Å². The van der Waals surface area contributed by atoms with Gasteiger partial charge in [-0.15, -0.1) is 0 Å². The van der Waals surface area contributed by atoms with E-state index in [-0.39, 0.29) is 6.04 Å². The van der Waals surface area contributed by atoms with Crippen molar-refractivity contribution in [3.05, 3.63) is 16.4 Å². The molecule has 0 aliphatic heterocycles. The van der Waals surface area contributed by atoms with Gasteiger partial charge in [0.2, 0.25) is 0 Å². The summed E-state index contributed by atoms with van der Waals surface area (Å²) >= 11 is 3.49. The van der Waals surface area contributed by atoms with Gasteiger partial charge in [0.25, 0.3) is 0 Å². The van der Waals surface area contributed by atoms with Crippen LogP contribution in [0.25, 0.3) is 0 Å². The molecular weight excluding hydrogens is 230 g/mol. The topological polar surface area (TPSA) is 43.8 Å². The van der Waals surface area contributed by atoms with Gasteiger partial charge in [-0.3, -0.25) is 4.68 Å². The summed E-state index contributed by atoms with van der Waals surface area (Å²) in [5.74, 6) is 0. The fourth-order valence-electron chi connectivity index (χ4n) is 1.32. The Kier molecular flexibility index (Phi) is 3.93. The van der Waals surface area contributed by atoms with Gasteiger partial charge in [0.1, 0.15) is 0 Å². The fourth-order valence-corrected chi connectivity index (χ4v) is 1.79. The third-order valence-electron chi connectivity index (χ3n) is 2.09. The van der Waals surface area contributed by atoms with Crippen LogP contribution < -0.4 is 5.73 Å². The molecule has 3 nitrogen and oxygen atoms in total. The van der Waals surface area contributed by atoms with Gasteiger partial charge < -0.3 is 5.73 Å². The smallest absolute Gasteiger partial charge is 0.0635 e. The summed E-state index contributed by atoms with van der Waals surface area (Å²) in [6.45, 7) is 4.88. The van der Waals surface area contributed by atoms with E-state index in [1.54, 1.807) is 0 Å². The van der Waals surface area contributed by atoms with E-state index in [1.807, 2.05) is 10.9 Å². The number of nitrogens with two attached hydrogens (primary N) is 1. The number of nitrogens with zero attached hydrogens (tertiary/aromatic N) is 2. The maximum absolute atomic E-state index is 5.60. The lowest BCUT2D eigenvalue weighted by Crippen LogP contribution is -2.19. The van der Waals surface area contributed by atoms with Gasteiger partial charge >= 0.3 is 0 Å². The molecule has 0 saturated carbocycles. The minimum absolute atomic E-state index is 0.285. The van der Waals surface area contributed by atoms with Crippen molar-refractivity contribution < 1.29 is 0 Å². The quantitative estimate of drug-likeness (QED) is 0.884. The lowest BCUT2D eigenvalue weighted by Gasteiger charge is -2.13. The molecule has 1 aromatic heterocycles. The third kappa shape index (κ3) is 2.31. The van der Waals surface area contributed by atoms with Crippen molar-refractivity contribution in [2.45, 2.75) is 32.7 Å². The Hall–Kier alpha value is -0.350. The van der Waals surface area contributed by atoms with Gasteiger partial charge in [0.05, 0.1) is 22.4 Å². The molecule has 2 N–H and O–H groups in total. The first-order valence-electron chi connectivity index (χ1n) is 4.62. The Bertz CT molecular complexity index is 270. The standard InChI is InChI=1S/C9H16BrN3/c1-3-4-9-8(10)6-12-13(9)7(2)5-11/h6-7H,3-5,11H2,1-2H3. The predicted octanol–water partition coefficient (Wildman–Crippen LogP) is 2.12. The highest BCUT2D eigenvalue weighted by molar-refractivity contribution is 9.10. The van der Waals surface area contributed by atoms with Gasteiger partial charge in [0, 0.05) is 6.54 Å². The van der Waals surface area contributed by atoms with Gasteiger partial charge in [-0.1, -0.05) is 13.3 Å². The number of rotatable bonds is 4. The molecule has 1 atom stereocenters. The summed E-state index contributed by atoms with van der Waals surface area (Å²) < 4.78 is 3.10. The molecule has 0 fully saturated rings. The van der Waals surface area contributed by atoms with E-state index in [9.17, 15) is 0 Å². The van der Waals surface area contributed by atoms with Crippen molar-refractivity contribution in [2.24, 2.45) is 5.73 Å². The van der Waals surface area contributed by atoms with Gasteiger partial charge in [-0.05, 0) is 29.3 Å². The van der Waals surface area contributed by atoms with E-state index in [1.165, 1.54) is 5.69 Å². The molecule has 0 saturated heterocycles. The Labute approximate surface area is 87.4 Å². The normalized spacial score (nSPS) is 13.2. The predicted molar refractivity (Wildman–Crippen MR) is 57.7 cm³/mol. The molecule has 0 amide bonds. The second-order valence-corrected chi connectivity index (χ2v) is 4.07. The summed E-state index contributed by atoms with van der Waals surface area (Å²) in [4.78, 5) is 0. The molecular formula is C9H16BrN3. The van der Waals surface area contributed by atoms with Crippen molar-refractivity contribution in [3.8, 4) is 0 Å². The highest BCUT2D eigenvalue weighted by Crippen LogP contribution is 2.20. The van der Waals surface area contributed by atoms with Gasteiger partial charge in [0.15, 0.2) is 0 Å². The van der Waals surface area contributed by atoms with Crippen molar-refractivity contribution in [1.29, 1.82) is 0 Å². The first-order chi connectivity index (χ1) is 6.20. The van der Waals surface area contributed by atoms with Crippen LogP contribution in [-0.2, 0) is 6.42 Å². The minimum atomic E-state index is 0.285. The third-order valence-corrected chi connectivity index (χ3v) is 2.76. The summed E-state index contributed by atoms with van der Waals surface area (Å²) in [6.07, 6.45) is 4.02. The highest BCUT2D eigenvalue weighted by Gasteiger charge is 2.11. The fraction of sp³-hybridized carbons (Fsp3) is 0.667. The lowest BCUT2D eigenvalue weighted by molar-refractivity contribution is 0.479. The van der Waals surface area contributed by atoms with Crippen LogP contribution in [0.15, 0.2) is 10.7 Å². The molecule has 0 aliphatic carbocycles. The second-order valence-electron chi connectivity index (χ2n) is 3.22. The molecule has 0 radical (unpaired) electrons. The molecule has 0 aliphatic rings. The number of aromatic nitrogens is 2. The van der Waals surface area contributed by atoms with Crippen molar-refractivity contribution in [3.63, 3.8) is 0 Å². The summed E-state index contributed by atoms with van der Waals surface area (Å²) in [7, 11) is 0. The SMILES string of the molecule is CCCc1c(Br)cnn1C(C)CN. The van der Waals surface area contributed by atoms with Crippen LogP contribution in [-0.4, -0.2) is 16.3 Å². The first kappa shape index (κ1) is 10.7. The van der Waals surface area contributed by atoms with E-state index in [4.69, 9.17) is 5.73 Å². The number of halogens is 1. The summed E-state index contributed by atoms with van der Waals surface area (Å²) in [5.41, 5.74) is 6.85. The minimum Gasteiger partial charge on any atom is -0.328 e. The van der Waals surface area contributed by atoms with Crippen molar-refractivity contribution >= 4 is 15.9 Å². The Morgan fingerprint density at radius 2 is 2.38 bits per heavy atom. The van der Waals surface area contributed by atoms with Crippen LogP contribution >= 0.6 is 15.9 Å². The Morgan fingerprint density at radius 3 is 2.92 bits per heavy atom. The van der Waals surface area contributed by atoms with E-state index in [0.29, 0.717) is 6.54 Å². The lowest BCUT2D eigenvalue weighted by atomic mass is 10.2. The molecule has 74 valence electrons. The molecule has 13 heavy (non-hydrogen) atoms. The summed E-state index contributed by atoms with van der Waals surface area (Å²) in [5, 5.41) is 4.29. The van der Waals surface area contributed by atoms with Crippen LogP contribution in [0.4, 0.5) is 0 Å². The first-order valence-corrected chi connectivity index (χ1v) is 5.42. The molecule has 0 aromatic carbocycles. The number of hydrogen-bond acceptors (Lipinski definition) is 2. The van der Waals surface area contributed by atoms with Gasteiger partial charge in [-0.25, -0.2) is 0 Å². The van der Waals surface area contributed by atoms with Crippen LogP contribution in [0.2, 0.25) is 0 Å². The molecule has 0 spiro atoms. The van der Waals surface area contributed by atoms with Crippen molar-refractivity contribution in [1.82, 2.24) is 9.78 Å². The van der Waals surface area contributed by atoms with Crippen molar-refractivity contribution in [2.75, 3.05) is 6.54 Å². The zero-order valence-electron chi connectivity index (χ0n) is 8.13. The monoisotopic (exact) mass is 245 g/mol. The molecule has 1 heterocycles. The van der Waals surface area contributed by atoms with Gasteiger partial charge in [-0.2, -0.15) is 5.10 Å². The molecule has 4 heteroatoms. The highest BCUT2D eigenvalue weighted by atomic mass is 79.9. The molecule has 1 unspecified atom stereocenters. The van der Waals surface area contributed by atoms with Crippen LogP contribution in [0.3, 0.4) is 0 Å². The zero-order valence-corrected chi connectivity index (χ0v) is 9.71. The number of hydrogen-bond donors (Lipinski definition) is 1. The maximum atomic E-state index is 5.60. The van der Waals surface area contributed by atoms with E-state index in [0.717, 1.165) is 17.3 Å². The molecule has 0 bridgehead atoms. The van der Waals surface area contributed by atoms with E-state index < -0.39 is 0 Å². The zero-order chi connectivity index (χ0) is 9.84. The average molecular weight is 246 g/mol. The largest absolute Gasteiger partial charge is 0.328 e. The van der Waals surface area contributed by atoms with E-state index in [2.05, 4.69) is 34.9 Å². The second kappa shape index (κ2) is 4.77. The molecule has 1 rings (SSSR count). The Morgan fingerprint density at radius 1 is 1.69 bits per heavy atom. The maximum Gasteiger partial charge on any atom is 0.0635 e. The average Bonchev–Trinajstić information content (AvgIpc) is 2.48.